The van der Waals surface area contributed by atoms with Crippen LogP contribution in [0.25, 0.3) is 0 Å². The number of rotatable bonds is 7. The molecule has 4 saturated carbocycles. The van der Waals surface area contributed by atoms with Crippen LogP contribution in [0.4, 0.5) is 11.5 Å². The number of nitrogens with one attached hydrogen (secondary N) is 1. The van der Waals surface area contributed by atoms with Crippen LogP contribution in [0.3, 0.4) is 0 Å². The van der Waals surface area contributed by atoms with Crippen molar-refractivity contribution in [3.8, 4) is 0 Å². The lowest BCUT2D eigenvalue weighted by Crippen LogP contribution is -2.55. The number of aromatic amines is 1. The van der Waals surface area contributed by atoms with Gasteiger partial charge in [-0.15, -0.1) is 0 Å². The quantitative estimate of drug-likeness (QED) is 0.671. The molecule has 4 fully saturated rings. The first kappa shape index (κ1) is 21.9. The van der Waals surface area contributed by atoms with Crippen LogP contribution >= 0.6 is 0 Å². The highest BCUT2D eigenvalue weighted by Gasteiger charge is 2.56. The fourth-order valence-corrected chi connectivity index (χ4v) is 6.92. The first-order chi connectivity index (χ1) is 15.9. The Morgan fingerprint density at radius 2 is 1.73 bits per heavy atom. The minimum Gasteiger partial charge on any atom is -0.383 e. The number of nitrogens with zero attached hydrogens (tertiary/aromatic N) is 2. The van der Waals surface area contributed by atoms with Crippen LogP contribution in [0.1, 0.15) is 44.1 Å². The van der Waals surface area contributed by atoms with Crippen molar-refractivity contribution in [3.05, 3.63) is 56.7 Å². The molecule has 33 heavy (non-hydrogen) atoms. The van der Waals surface area contributed by atoms with Gasteiger partial charge in [-0.3, -0.25) is 24.0 Å². The molecular formula is C25H32N4O4. The number of H-pyrrole nitrogens is 1. The average Bonchev–Trinajstić information content (AvgIpc) is 2.77. The Balaban J connectivity index is 1.60. The molecule has 176 valence electrons. The Kier molecular flexibility index (Phi) is 5.64. The highest BCUT2D eigenvalue weighted by atomic mass is 16.5. The van der Waals surface area contributed by atoms with Crippen LogP contribution in [0.5, 0.6) is 0 Å². The van der Waals surface area contributed by atoms with Gasteiger partial charge in [-0.2, -0.15) is 0 Å². The fraction of sp³-hybridized carbons (Fsp3) is 0.560. The standard InChI is InChI=1S/C25H32N4O4/c1-33-8-7-28-21(26)20(22(30)27-24(28)32)29(15-16-5-3-2-4-6-16)23(31)25-12-17-9-18(13-25)11-19(10-17)14-25/h2-6,17-19H,7-15,26H2,1H3,(H,27,30,32). The molecule has 1 amide bonds. The number of benzene rings is 1. The highest BCUT2D eigenvalue weighted by molar-refractivity contribution is 5.99. The summed E-state index contributed by atoms with van der Waals surface area (Å²) in [4.78, 5) is 43.8. The molecule has 1 aromatic carbocycles. The zero-order valence-corrected chi connectivity index (χ0v) is 19.1. The Morgan fingerprint density at radius 3 is 2.30 bits per heavy atom. The van der Waals surface area contributed by atoms with Crippen molar-refractivity contribution in [1.29, 1.82) is 0 Å². The molecule has 0 spiro atoms. The predicted octanol–water partition coefficient (Wildman–Crippen LogP) is 2.51. The van der Waals surface area contributed by atoms with E-state index in [1.165, 1.54) is 30.9 Å². The van der Waals surface area contributed by atoms with E-state index in [0.717, 1.165) is 24.8 Å². The molecule has 8 heteroatoms. The molecule has 0 saturated heterocycles. The van der Waals surface area contributed by atoms with Gasteiger partial charge >= 0.3 is 5.69 Å². The van der Waals surface area contributed by atoms with E-state index in [0.29, 0.717) is 17.8 Å². The van der Waals surface area contributed by atoms with Gasteiger partial charge in [0.15, 0.2) is 5.69 Å². The summed E-state index contributed by atoms with van der Waals surface area (Å²) in [7, 11) is 1.53. The molecule has 1 heterocycles. The lowest BCUT2D eigenvalue weighted by atomic mass is 9.49. The SMILES string of the molecule is COCCn1c(N)c(N(Cc2ccccc2)C(=O)C23CC4CC(CC(C4)C2)C3)c(=O)[nH]c1=O. The van der Waals surface area contributed by atoms with Crippen molar-refractivity contribution >= 4 is 17.4 Å². The first-order valence-electron chi connectivity index (χ1n) is 11.9. The van der Waals surface area contributed by atoms with Crippen molar-refractivity contribution in [2.45, 2.75) is 51.6 Å². The van der Waals surface area contributed by atoms with Gasteiger partial charge in [0.1, 0.15) is 5.82 Å². The van der Waals surface area contributed by atoms with Crippen LogP contribution in [0.2, 0.25) is 0 Å². The topological polar surface area (TPSA) is 110 Å². The molecule has 0 atom stereocenters. The Hall–Kier alpha value is -2.87. The predicted molar refractivity (Wildman–Crippen MR) is 126 cm³/mol. The monoisotopic (exact) mass is 452 g/mol. The van der Waals surface area contributed by atoms with Gasteiger partial charge in [0, 0.05) is 7.11 Å². The summed E-state index contributed by atoms with van der Waals surface area (Å²) in [6.07, 6.45) is 6.29. The molecule has 0 aliphatic heterocycles. The van der Waals surface area contributed by atoms with Crippen LogP contribution in [-0.4, -0.2) is 29.2 Å². The maximum Gasteiger partial charge on any atom is 0.330 e. The molecule has 8 nitrogen and oxygen atoms in total. The molecule has 6 rings (SSSR count). The Morgan fingerprint density at radius 1 is 1.12 bits per heavy atom. The van der Waals surface area contributed by atoms with E-state index in [9.17, 15) is 14.4 Å². The summed E-state index contributed by atoms with van der Waals surface area (Å²) >= 11 is 0. The average molecular weight is 453 g/mol. The maximum absolute atomic E-state index is 14.3. The van der Waals surface area contributed by atoms with E-state index in [1.54, 1.807) is 4.90 Å². The largest absolute Gasteiger partial charge is 0.383 e. The van der Waals surface area contributed by atoms with E-state index in [4.69, 9.17) is 10.5 Å². The molecule has 1 aromatic heterocycles. The number of carbonyl (C=O) groups is 1. The van der Waals surface area contributed by atoms with Crippen LogP contribution < -0.4 is 21.9 Å². The van der Waals surface area contributed by atoms with E-state index >= 15 is 0 Å². The third kappa shape index (κ3) is 3.90. The summed E-state index contributed by atoms with van der Waals surface area (Å²) in [5, 5.41) is 0. The van der Waals surface area contributed by atoms with Crippen LogP contribution in [-0.2, 0) is 22.6 Å². The number of methoxy groups -OCH3 is 1. The van der Waals surface area contributed by atoms with E-state index < -0.39 is 16.7 Å². The van der Waals surface area contributed by atoms with Gasteiger partial charge in [0.2, 0.25) is 5.91 Å². The van der Waals surface area contributed by atoms with E-state index in [-0.39, 0.29) is 37.1 Å². The van der Waals surface area contributed by atoms with Gasteiger partial charge in [-0.1, -0.05) is 30.3 Å². The van der Waals surface area contributed by atoms with Crippen LogP contribution in [0, 0.1) is 23.2 Å². The smallest absolute Gasteiger partial charge is 0.330 e. The Labute approximate surface area is 192 Å². The van der Waals surface area contributed by atoms with Gasteiger partial charge in [0.05, 0.1) is 25.1 Å². The van der Waals surface area contributed by atoms with E-state index in [1.807, 2.05) is 30.3 Å². The summed E-state index contributed by atoms with van der Waals surface area (Å²) in [5.74, 6) is 1.74. The van der Waals surface area contributed by atoms with Gasteiger partial charge < -0.3 is 10.5 Å². The summed E-state index contributed by atoms with van der Waals surface area (Å²) in [5.41, 5.74) is 5.70. The third-order valence-electron chi connectivity index (χ3n) is 7.92. The maximum atomic E-state index is 14.3. The van der Waals surface area contributed by atoms with Crippen molar-refractivity contribution in [2.24, 2.45) is 23.2 Å². The zero-order valence-electron chi connectivity index (χ0n) is 19.1. The molecule has 4 bridgehead atoms. The second-order valence-corrected chi connectivity index (χ2v) is 10.2. The first-order valence-corrected chi connectivity index (χ1v) is 11.9. The van der Waals surface area contributed by atoms with Crippen molar-refractivity contribution in [1.82, 2.24) is 9.55 Å². The summed E-state index contributed by atoms with van der Waals surface area (Å²) in [6.45, 7) is 0.685. The molecule has 0 radical (unpaired) electrons. The van der Waals surface area contributed by atoms with Crippen molar-refractivity contribution in [2.75, 3.05) is 24.4 Å². The number of nitrogens with two attached hydrogens (primary N) is 1. The summed E-state index contributed by atoms with van der Waals surface area (Å²) < 4.78 is 6.39. The molecule has 2 aromatic rings. The number of aromatic nitrogens is 2. The normalized spacial score (nSPS) is 27.6. The molecule has 4 aliphatic rings. The van der Waals surface area contributed by atoms with Crippen molar-refractivity contribution in [3.63, 3.8) is 0 Å². The number of hydrogen-bond donors (Lipinski definition) is 2. The van der Waals surface area contributed by atoms with Gasteiger partial charge in [-0.25, -0.2) is 4.79 Å². The second-order valence-electron chi connectivity index (χ2n) is 10.2. The number of carbonyl (C=O) groups excluding carboxylic acids is 1. The van der Waals surface area contributed by atoms with Crippen molar-refractivity contribution < 1.29 is 9.53 Å². The number of anilines is 2. The number of ether oxygens (including phenoxy) is 1. The zero-order chi connectivity index (χ0) is 23.2. The third-order valence-corrected chi connectivity index (χ3v) is 7.92. The van der Waals surface area contributed by atoms with Gasteiger partial charge in [0.25, 0.3) is 5.56 Å². The number of hydrogen-bond acceptors (Lipinski definition) is 5. The number of amides is 1. The Bertz CT molecular complexity index is 1120. The molecule has 4 aliphatic carbocycles. The minimum atomic E-state index is -0.625. The summed E-state index contributed by atoms with van der Waals surface area (Å²) in [6, 6.07) is 9.61. The molecule has 3 N–H and O–H groups in total. The second kappa shape index (κ2) is 8.48. The molecular weight excluding hydrogens is 420 g/mol. The lowest BCUT2D eigenvalue weighted by molar-refractivity contribution is -0.143. The minimum absolute atomic E-state index is 0.00908. The van der Waals surface area contributed by atoms with Crippen LogP contribution in [0.15, 0.2) is 39.9 Å². The number of nitrogen functional groups attached to an aromatic ring is 1. The van der Waals surface area contributed by atoms with Gasteiger partial charge in [-0.05, 0) is 61.8 Å². The highest BCUT2D eigenvalue weighted by Crippen LogP contribution is 2.60. The lowest BCUT2D eigenvalue weighted by Gasteiger charge is -2.56. The van der Waals surface area contributed by atoms with E-state index in [2.05, 4.69) is 4.98 Å². The molecule has 0 unspecified atom stereocenters. The fourth-order valence-electron chi connectivity index (χ4n) is 6.92.